The van der Waals surface area contributed by atoms with Gasteiger partial charge in [0.25, 0.3) is 5.91 Å². The Morgan fingerprint density at radius 1 is 1.21 bits per heavy atom. The number of imide groups is 1. The molecule has 0 bridgehead atoms. The van der Waals surface area contributed by atoms with Crippen LogP contribution in [0.3, 0.4) is 0 Å². The number of fused-ring (bicyclic) bond motifs is 1. The summed E-state index contributed by atoms with van der Waals surface area (Å²) in [5.74, 6) is -0.143. The molecule has 3 aliphatic rings. The van der Waals surface area contributed by atoms with Crippen LogP contribution in [0.15, 0.2) is 18.2 Å². The van der Waals surface area contributed by atoms with Gasteiger partial charge < -0.3 is 10.6 Å². The number of nitrogens with one attached hydrogen (secondary N) is 1. The molecule has 3 atom stereocenters. The first-order valence-electron chi connectivity index (χ1n) is 10.2. The highest BCUT2D eigenvalue weighted by molar-refractivity contribution is 6.05. The highest BCUT2D eigenvalue weighted by Gasteiger charge is 2.40. The van der Waals surface area contributed by atoms with Crippen molar-refractivity contribution in [1.29, 1.82) is 0 Å². The molecule has 150 valence electrons. The Kier molecular flexibility index (Phi) is 5.21. The van der Waals surface area contributed by atoms with E-state index in [0.717, 1.165) is 43.6 Å². The maximum atomic E-state index is 12.9. The summed E-state index contributed by atoms with van der Waals surface area (Å²) in [5, 5.41) is 2.36. The molecule has 1 aromatic rings. The number of rotatable bonds is 4. The third-order valence-electron chi connectivity index (χ3n) is 6.51. The number of amides is 3. The number of nitrogens with zero attached hydrogens (tertiary/aromatic N) is 2. The number of carbonyl (C=O) groups is 3. The van der Waals surface area contributed by atoms with E-state index in [1.165, 1.54) is 0 Å². The first-order valence-corrected chi connectivity index (χ1v) is 10.2. The summed E-state index contributed by atoms with van der Waals surface area (Å²) in [5.41, 5.74) is 8.70. The van der Waals surface area contributed by atoms with E-state index >= 15 is 0 Å². The predicted molar refractivity (Wildman–Crippen MR) is 104 cm³/mol. The lowest BCUT2D eigenvalue weighted by Crippen LogP contribution is -2.52. The lowest BCUT2D eigenvalue weighted by molar-refractivity contribution is -0.136. The Balaban J connectivity index is 1.52. The van der Waals surface area contributed by atoms with Crippen molar-refractivity contribution in [3.05, 3.63) is 34.9 Å². The van der Waals surface area contributed by atoms with Gasteiger partial charge in [-0.1, -0.05) is 12.1 Å². The molecule has 7 nitrogen and oxygen atoms in total. The Bertz CT molecular complexity index is 809. The lowest BCUT2D eigenvalue weighted by Gasteiger charge is -2.37. The Morgan fingerprint density at radius 3 is 2.75 bits per heavy atom. The van der Waals surface area contributed by atoms with E-state index in [1.807, 2.05) is 12.1 Å². The molecule has 0 radical (unpaired) electrons. The van der Waals surface area contributed by atoms with Gasteiger partial charge in [0, 0.05) is 31.1 Å². The zero-order chi connectivity index (χ0) is 19.8. The molecule has 7 heteroatoms. The molecule has 0 spiro atoms. The van der Waals surface area contributed by atoms with Crippen molar-refractivity contribution in [2.45, 2.75) is 57.8 Å². The minimum Gasteiger partial charge on any atom is -0.330 e. The summed E-state index contributed by atoms with van der Waals surface area (Å²) in [4.78, 5) is 40.7. The molecule has 3 N–H and O–H groups in total. The Hall–Kier alpha value is -2.25. The van der Waals surface area contributed by atoms with Crippen LogP contribution in [-0.2, 0) is 22.7 Å². The van der Waals surface area contributed by atoms with E-state index < -0.39 is 6.04 Å². The molecular formula is C21H28N4O3. The number of benzene rings is 1. The highest BCUT2D eigenvalue weighted by Crippen LogP contribution is 2.32. The fourth-order valence-electron chi connectivity index (χ4n) is 4.78. The molecule has 4 rings (SSSR count). The zero-order valence-electron chi connectivity index (χ0n) is 16.3. The first-order chi connectivity index (χ1) is 13.5. The van der Waals surface area contributed by atoms with Gasteiger partial charge in [-0.3, -0.25) is 24.6 Å². The van der Waals surface area contributed by atoms with Crippen molar-refractivity contribution in [2.75, 3.05) is 13.1 Å². The van der Waals surface area contributed by atoms with Gasteiger partial charge in [-0.2, -0.15) is 0 Å². The van der Waals surface area contributed by atoms with Crippen molar-refractivity contribution in [3.8, 4) is 0 Å². The van der Waals surface area contributed by atoms with Crippen molar-refractivity contribution < 1.29 is 14.4 Å². The molecule has 2 fully saturated rings. The van der Waals surface area contributed by atoms with E-state index in [0.29, 0.717) is 30.5 Å². The van der Waals surface area contributed by atoms with E-state index in [4.69, 9.17) is 5.73 Å². The maximum absolute atomic E-state index is 12.9. The lowest BCUT2D eigenvalue weighted by atomic mass is 9.91. The number of likely N-dealkylation sites (tertiary alicyclic amines) is 1. The monoisotopic (exact) mass is 384 g/mol. The van der Waals surface area contributed by atoms with Crippen LogP contribution in [0.4, 0.5) is 0 Å². The SMILES string of the molecule is CC1CC(CN)CCN1Cc1cccc2c1CN(C1CCC(=O)NC1=O)C2=O. The van der Waals surface area contributed by atoms with Crippen LogP contribution in [0.25, 0.3) is 0 Å². The fourth-order valence-corrected chi connectivity index (χ4v) is 4.78. The number of hydrogen-bond donors (Lipinski definition) is 2. The molecule has 28 heavy (non-hydrogen) atoms. The topological polar surface area (TPSA) is 95.7 Å². The second kappa shape index (κ2) is 7.64. The van der Waals surface area contributed by atoms with Crippen molar-refractivity contribution in [3.63, 3.8) is 0 Å². The first kappa shape index (κ1) is 19.1. The average Bonchev–Trinajstić information content (AvgIpc) is 3.01. The minimum atomic E-state index is -0.565. The molecular weight excluding hydrogens is 356 g/mol. The van der Waals surface area contributed by atoms with E-state index in [2.05, 4.69) is 23.2 Å². The summed E-state index contributed by atoms with van der Waals surface area (Å²) in [6.07, 6.45) is 2.88. The number of nitrogens with two attached hydrogens (primary N) is 1. The van der Waals surface area contributed by atoms with Crippen LogP contribution in [-0.4, -0.2) is 52.7 Å². The van der Waals surface area contributed by atoms with Gasteiger partial charge in [0.2, 0.25) is 11.8 Å². The van der Waals surface area contributed by atoms with Crippen molar-refractivity contribution in [2.24, 2.45) is 11.7 Å². The van der Waals surface area contributed by atoms with Crippen molar-refractivity contribution in [1.82, 2.24) is 15.1 Å². The van der Waals surface area contributed by atoms with E-state index in [9.17, 15) is 14.4 Å². The van der Waals surface area contributed by atoms with Gasteiger partial charge in [0.15, 0.2) is 0 Å². The Labute approximate surface area is 165 Å². The highest BCUT2D eigenvalue weighted by atomic mass is 16.2. The van der Waals surface area contributed by atoms with E-state index in [1.54, 1.807) is 4.90 Å². The summed E-state index contributed by atoms with van der Waals surface area (Å²) < 4.78 is 0. The average molecular weight is 384 g/mol. The Morgan fingerprint density at radius 2 is 2.04 bits per heavy atom. The molecule has 3 amide bonds. The van der Waals surface area contributed by atoms with Crippen LogP contribution >= 0.6 is 0 Å². The van der Waals surface area contributed by atoms with Crippen LogP contribution in [0, 0.1) is 5.92 Å². The maximum Gasteiger partial charge on any atom is 0.255 e. The van der Waals surface area contributed by atoms with Gasteiger partial charge in [-0.15, -0.1) is 0 Å². The fraction of sp³-hybridized carbons (Fsp3) is 0.571. The molecule has 0 saturated carbocycles. The summed E-state index contributed by atoms with van der Waals surface area (Å²) in [7, 11) is 0. The molecule has 2 saturated heterocycles. The molecule has 3 unspecified atom stereocenters. The van der Waals surface area contributed by atoms with Gasteiger partial charge in [0.05, 0.1) is 0 Å². The summed E-state index contributed by atoms with van der Waals surface area (Å²) in [6, 6.07) is 5.75. The van der Waals surface area contributed by atoms with Gasteiger partial charge >= 0.3 is 0 Å². The van der Waals surface area contributed by atoms with Crippen LogP contribution in [0.5, 0.6) is 0 Å². The summed E-state index contributed by atoms with van der Waals surface area (Å²) >= 11 is 0. The molecule has 0 aromatic heterocycles. The van der Waals surface area contributed by atoms with Gasteiger partial charge in [0.1, 0.15) is 6.04 Å². The number of piperidine rings is 2. The molecule has 0 aliphatic carbocycles. The zero-order valence-corrected chi connectivity index (χ0v) is 16.3. The largest absolute Gasteiger partial charge is 0.330 e. The second-order valence-electron chi connectivity index (χ2n) is 8.29. The molecule has 1 aromatic carbocycles. The quantitative estimate of drug-likeness (QED) is 0.756. The molecule has 3 heterocycles. The van der Waals surface area contributed by atoms with Crippen LogP contribution in [0.1, 0.15) is 54.1 Å². The summed E-state index contributed by atoms with van der Waals surface area (Å²) in [6.45, 7) is 5.24. The van der Waals surface area contributed by atoms with E-state index in [-0.39, 0.29) is 24.1 Å². The third kappa shape index (κ3) is 3.44. The third-order valence-corrected chi connectivity index (χ3v) is 6.51. The van der Waals surface area contributed by atoms with Crippen LogP contribution < -0.4 is 11.1 Å². The predicted octanol–water partition coefficient (Wildman–Crippen LogP) is 1.01. The normalized spacial score (nSPS) is 28.4. The van der Waals surface area contributed by atoms with Crippen LogP contribution in [0.2, 0.25) is 0 Å². The smallest absolute Gasteiger partial charge is 0.255 e. The van der Waals surface area contributed by atoms with Gasteiger partial charge in [-0.05, 0) is 62.4 Å². The number of hydrogen-bond acceptors (Lipinski definition) is 5. The van der Waals surface area contributed by atoms with Gasteiger partial charge in [-0.25, -0.2) is 0 Å². The molecule has 3 aliphatic heterocycles. The minimum absolute atomic E-state index is 0.110. The standard InChI is InChI=1S/C21H28N4O3/c1-13-9-14(10-22)7-8-24(13)11-15-3-2-4-16-17(15)12-25(21(16)28)18-5-6-19(26)23-20(18)27/h2-4,13-14,18H,5-12,22H2,1H3,(H,23,26,27). The second-order valence-corrected chi connectivity index (χ2v) is 8.29. The number of carbonyl (C=O) groups excluding carboxylic acids is 3. The van der Waals surface area contributed by atoms with Crippen molar-refractivity contribution >= 4 is 17.7 Å².